The summed E-state index contributed by atoms with van der Waals surface area (Å²) in [6.45, 7) is 2.10. The Balaban J connectivity index is 1.34. The minimum Gasteiger partial charge on any atom is -0.445 e. The Hall–Kier alpha value is -4.83. The molecule has 0 radical (unpaired) electrons. The first-order valence-electron chi connectivity index (χ1n) is 13.8. The Morgan fingerprint density at radius 3 is 2.55 bits per heavy atom. The number of methoxy groups -OCH3 is 1. The highest BCUT2D eigenvalue weighted by molar-refractivity contribution is 6.00. The summed E-state index contributed by atoms with van der Waals surface area (Å²) in [6, 6.07) is 19.1. The van der Waals surface area contributed by atoms with E-state index >= 15 is 0 Å². The predicted molar refractivity (Wildman–Crippen MR) is 162 cm³/mol. The number of nitrogens with zero attached hydrogens (tertiary/aromatic N) is 4. The van der Waals surface area contributed by atoms with Crippen LogP contribution in [0.3, 0.4) is 0 Å². The van der Waals surface area contributed by atoms with Gasteiger partial charge in [0, 0.05) is 69.5 Å². The van der Waals surface area contributed by atoms with Gasteiger partial charge in [-0.3, -0.25) is 9.78 Å². The van der Waals surface area contributed by atoms with Gasteiger partial charge in [0.1, 0.15) is 12.3 Å². The molecule has 0 spiro atoms. The fourth-order valence-electron chi connectivity index (χ4n) is 4.42. The maximum Gasteiger partial charge on any atom is 0.407 e. The molecule has 218 valence electrons. The van der Waals surface area contributed by atoms with Crippen LogP contribution in [0.1, 0.15) is 33.6 Å². The van der Waals surface area contributed by atoms with Crippen molar-refractivity contribution >= 4 is 23.4 Å². The van der Waals surface area contributed by atoms with Crippen molar-refractivity contribution in [3.63, 3.8) is 0 Å². The Morgan fingerprint density at radius 2 is 1.79 bits per heavy atom. The molecule has 0 bridgehead atoms. The van der Waals surface area contributed by atoms with Crippen molar-refractivity contribution in [1.29, 1.82) is 0 Å². The van der Waals surface area contributed by atoms with Gasteiger partial charge < -0.3 is 25.4 Å². The third kappa shape index (κ3) is 8.58. The lowest BCUT2D eigenvalue weighted by Crippen LogP contribution is -2.26. The topological polar surface area (TPSA) is 133 Å². The molecular formula is C32H36N6O4. The number of pyridine rings is 1. The van der Waals surface area contributed by atoms with E-state index in [9.17, 15) is 9.59 Å². The van der Waals surface area contributed by atoms with Crippen LogP contribution in [0.4, 0.5) is 16.3 Å². The number of Topliss-reactive ketones (excluding diaryl/α,β-unsaturated/α-hetero) is 1. The lowest BCUT2D eigenvalue weighted by molar-refractivity contribution is 0.0988. The van der Waals surface area contributed by atoms with E-state index in [1.165, 1.54) is 0 Å². The molecule has 0 saturated carbocycles. The highest BCUT2D eigenvalue weighted by Crippen LogP contribution is 2.23. The Bertz CT molecular complexity index is 1460. The number of nitrogens with one attached hydrogen (secondary N) is 1. The summed E-state index contributed by atoms with van der Waals surface area (Å²) in [5, 5.41) is 2.77. The summed E-state index contributed by atoms with van der Waals surface area (Å²) in [4.78, 5) is 40.4. The van der Waals surface area contributed by atoms with Gasteiger partial charge in [0.05, 0.1) is 11.9 Å². The summed E-state index contributed by atoms with van der Waals surface area (Å²) in [5.74, 6) is -0.146. The van der Waals surface area contributed by atoms with Crippen LogP contribution in [0, 0.1) is 0 Å². The number of ether oxygens (including phenoxy) is 2. The van der Waals surface area contributed by atoms with Crippen LogP contribution in [0.2, 0.25) is 0 Å². The molecule has 42 heavy (non-hydrogen) atoms. The third-order valence-corrected chi connectivity index (χ3v) is 6.69. The number of nitrogen functional groups attached to an aromatic ring is 1. The van der Waals surface area contributed by atoms with Gasteiger partial charge in [0.15, 0.2) is 11.6 Å². The average Bonchev–Trinajstić information content (AvgIpc) is 3.01. The number of aromatic nitrogens is 3. The minimum atomic E-state index is -0.457. The number of benzene rings is 2. The van der Waals surface area contributed by atoms with Crippen LogP contribution in [-0.2, 0) is 28.9 Å². The highest BCUT2D eigenvalue weighted by atomic mass is 16.5. The van der Waals surface area contributed by atoms with E-state index in [-0.39, 0.29) is 30.3 Å². The van der Waals surface area contributed by atoms with Crippen LogP contribution in [0.25, 0.3) is 11.3 Å². The number of carbonyl (C=O) groups excluding carboxylic acids is 2. The Labute approximate surface area is 245 Å². The molecule has 0 aliphatic carbocycles. The van der Waals surface area contributed by atoms with Crippen molar-refractivity contribution in [2.24, 2.45) is 0 Å². The van der Waals surface area contributed by atoms with Crippen molar-refractivity contribution in [3.05, 3.63) is 102 Å². The number of hydrogen-bond donors (Lipinski definition) is 2. The maximum atomic E-state index is 13.3. The molecule has 0 saturated heterocycles. The van der Waals surface area contributed by atoms with Crippen LogP contribution < -0.4 is 16.0 Å². The fourth-order valence-corrected chi connectivity index (χ4v) is 4.42. The largest absolute Gasteiger partial charge is 0.445 e. The molecule has 1 amide bonds. The van der Waals surface area contributed by atoms with Gasteiger partial charge in [-0.25, -0.2) is 14.8 Å². The Kier molecular flexibility index (Phi) is 10.9. The number of ketones is 1. The van der Waals surface area contributed by atoms with Gasteiger partial charge in [-0.05, 0) is 30.0 Å². The minimum absolute atomic E-state index is 0.0875. The molecule has 0 atom stereocenters. The second-order valence-corrected chi connectivity index (χ2v) is 9.80. The van der Waals surface area contributed by atoms with Crippen molar-refractivity contribution in [2.75, 3.05) is 44.5 Å². The first kappa shape index (κ1) is 30.1. The highest BCUT2D eigenvalue weighted by Gasteiger charge is 2.18. The summed E-state index contributed by atoms with van der Waals surface area (Å²) in [5.41, 5.74) is 11.2. The Morgan fingerprint density at radius 1 is 1.00 bits per heavy atom. The van der Waals surface area contributed by atoms with Crippen LogP contribution >= 0.6 is 0 Å². The predicted octanol–water partition coefficient (Wildman–Crippen LogP) is 4.49. The molecular weight excluding hydrogens is 532 g/mol. The summed E-state index contributed by atoms with van der Waals surface area (Å²) in [7, 11) is 3.66. The molecule has 4 rings (SSSR count). The molecule has 4 aromatic rings. The van der Waals surface area contributed by atoms with Gasteiger partial charge in [-0.1, -0.05) is 54.6 Å². The summed E-state index contributed by atoms with van der Waals surface area (Å²) in [6.07, 6.45) is 6.10. The van der Waals surface area contributed by atoms with Crippen molar-refractivity contribution < 1.29 is 19.1 Å². The first-order valence-corrected chi connectivity index (χ1v) is 13.8. The molecule has 0 aliphatic heterocycles. The molecule has 2 aromatic heterocycles. The maximum absolute atomic E-state index is 13.3. The van der Waals surface area contributed by atoms with E-state index in [0.29, 0.717) is 25.3 Å². The lowest BCUT2D eigenvalue weighted by atomic mass is 10.0. The fraction of sp³-hybridized carbons (Fsp3) is 0.281. The van der Waals surface area contributed by atoms with Gasteiger partial charge in [0.25, 0.3) is 0 Å². The van der Waals surface area contributed by atoms with Crippen LogP contribution in [0.5, 0.6) is 0 Å². The van der Waals surface area contributed by atoms with Crippen LogP contribution in [0.15, 0.2) is 79.3 Å². The number of anilines is 2. The molecule has 10 heteroatoms. The monoisotopic (exact) mass is 568 g/mol. The number of nitrogens with two attached hydrogens (primary N) is 1. The van der Waals surface area contributed by atoms with E-state index in [1.54, 1.807) is 25.7 Å². The molecule has 0 aliphatic rings. The molecule has 10 nitrogen and oxygen atoms in total. The quantitative estimate of drug-likeness (QED) is 0.167. The van der Waals surface area contributed by atoms with E-state index in [2.05, 4.69) is 25.2 Å². The third-order valence-electron chi connectivity index (χ3n) is 6.69. The zero-order valence-corrected chi connectivity index (χ0v) is 24.0. The normalized spacial score (nSPS) is 10.7. The van der Waals surface area contributed by atoms with E-state index < -0.39 is 6.09 Å². The summed E-state index contributed by atoms with van der Waals surface area (Å²) < 4.78 is 10.4. The lowest BCUT2D eigenvalue weighted by Gasteiger charge is -2.22. The van der Waals surface area contributed by atoms with Crippen molar-refractivity contribution in [3.8, 4) is 11.3 Å². The van der Waals surface area contributed by atoms with Crippen molar-refractivity contribution in [1.82, 2.24) is 20.3 Å². The number of amides is 1. The number of alkyl carbamates (subject to hydrolysis) is 1. The molecule has 2 heterocycles. The van der Waals surface area contributed by atoms with E-state index in [1.807, 2.05) is 67.7 Å². The molecule has 3 N–H and O–H groups in total. The number of hydrogen-bond acceptors (Lipinski definition) is 9. The van der Waals surface area contributed by atoms with E-state index in [4.69, 9.17) is 15.2 Å². The standard InChI is InChI=1S/C32H36N6O4/c1-38(17-6-18-41-2)28-14-15-34-20-26(28)19-29(39)30-31(33)36-21-27(37-30)25-11-9-23(10-12-25)13-16-35-32(40)42-22-24-7-4-3-5-8-24/h3-5,7-12,14-15,20-21H,6,13,16-19,22H2,1-2H3,(H2,33,36)(H,35,40). The molecule has 2 aromatic carbocycles. The zero-order valence-electron chi connectivity index (χ0n) is 24.0. The molecule has 0 unspecified atom stereocenters. The van der Waals surface area contributed by atoms with Gasteiger partial charge >= 0.3 is 6.09 Å². The summed E-state index contributed by atoms with van der Waals surface area (Å²) >= 11 is 0. The van der Waals surface area contributed by atoms with Crippen molar-refractivity contribution in [2.45, 2.75) is 25.9 Å². The van der Waals surface area contributed by atoms with Gasteiger partial charge in [0.2, 0.25) is 0 Å². The zero-order chi connectivity index (χ0) is 29.7. The second kappa shape index (κ2) is 15.2. The molecule has 0 fully saturated rings. The van der Waals surface area contributed by atoms with Gasteiger partial charge in [-0.2, -0.15) is 0 Å². The SMILES string of the molecule is COCCCN(C)c1ccncc1CC(=O)c1nc(-c2ccc(CCNC(=O)OCc3ccccc3)cc2)cnc1N. The second-order valence-electron chi connectivity index (χ2n) is 9.80. The smallest absolute Gasteiger partial charge is 0.407 e. The average molecular weight is 569 g/mol. The van der Waals surface area contributed by atoms with Gasteiger partial charge in [-0.15, -0.1) is 0 Å². The van der Waals surface area contributed by atoms with E-state index in [0.717, 1.165) is 40.9 Å². The number of rotatable bonds is 14. The number of carbonyl (C=O) groups is 2. The van der Waals surface area contributed by atoms with Crippen LogP contribution in [-0.4, -0.2) is 60.7 Å². The first-order chi connectivity index (χ1) is 20.4.